The Hall–Kier alpha value is -5.16. The van der Waals surface area contributed by atoms with Crippen molar-refractivity contribution in [2.24, 2.45) is 5.73 Å². The second kappa shape index (κ2) is 9.54. The highest BCUT2D eigenvalue weighted by Crippen LogP contribution is 2.44. The molecular formula is C23H17N5O6. The van der Waals surface area contributed by atoms with Gasteiger partial charge in [0.25, 0.3) is 5.69 Å². The zero-order chi connectivity index (χ0) is 25.0. The van der Waals surface area contributed by atoms with Crippen LogP contribution < -0.4 is 10.6 Å². The van der Waals surface area contributed by atoms with Crippen LogP contribution in [0.4, 0.5) is 11.4 Å². The van der Waals surface area contributed by atoms with Gasteiger partial charge in [-0.05, 0) is 11.6 Å². The molecule has 34 heavy (non-hydrogen) atoms. The third-order valence-electron chi connectivity index (χ3n) is 5.16. The fraction of sp³-hybridized carbons (Fsp3) is 0.130. The lowest BCUT2D eigenvalue weighted by Gasteiger charge is -2.36. The lowest BCUT2D eigenvalue weighted by Crippen LogP contribution is -2.41. The molecule has 2 N–H and O–H groups in total. The molecule has 0 spiro atoms. The number of benzene rings is 2. The molecule has 11 nitrogen and oxygen atoms in total. The number of nitro benzene ring substituents is 1. The van der Waals surface area contributed by atoms with Gasteiger partial charge in [0.1, 0.15) is 17.6 Å². The molecule has 2 aromatic carbocycles. The van der Waals surface area contributed by atoms with Crippen LogP contribution in [0.5, 0.6) is 0 Å². The van der Waals surface area contributed by atoms with Crippen molar-refractivity contribution in [3.8, 4) is 12.1 Å². The zero-order valence-corrected chi connectivity index (χ0v) is 18.0. The lowest BCUT2D eigenvalue weighted by molar-refractivity contribution is -0.384. The summed E-state index contributed by atoms with van der Waals surface area (Å²) in [5, 5.41) is 30.8. The van der Waals surface area contributed by atoms with Gasteiger partial charge in [0, 0.05) is 12.1 Å². The van der Waals surface area contributed by atoms with E-state index in [0.717, 1.165) is 31.3 Å². The fourth-order valence-corrected chi connectivity index (χ4v) is 3.69. The Morgan fingerprint density at radius 3 is 2.24 bits per heavy atom. The van der Waals surface area contributed by atoms with Crippen molar-refractivity contribution < 1.29 is 24.0 Å². The molecule has 1 aliphatic heterocycles. The van der Waals surface area contributed by atoms with E-state index in [1.54, 1.807) is 30.3 Å². The molecule has 11 heteroatoms. The molecule has 3 rings (SSSR count). The van der Waals surface area contributed by atoms with Gasteiger partial charge in [0.05, 0.1) is 53.5 Å². The first-order chi connectivity index (χ1) is 16.3. The molecular weight excluding hydrogens is 442 g/mol. The Bertz CT molecular complexity index is 1330. The molecule has 1 heterocycles. The third-order valence-corrected chi connectivity index (χ3v) is 5.16. The van der Waals surface area contributed by atoms with E-state index in [9.17, 15) is 30.2 Å². The largest absolute Gasteiger partial charge is 0.466 e. The third kappa shape index (κ3) is 3.89. The number of non-ortho nitro benzene ring substituents is 1. The van der Waals surface area contributed by atoms with E-state index in [2.05, 4.69) is 0 Å². The van der Waals surface area contributed by atoms with Crippen LogP contribution in [0.1, 0.15) is 17.0 Å². The van der Waals surface area contributed by atoms with Crippen LogP contribution >= 0.6 is 0 Å². The second-order valence-corrected chi connectivity index (χ2v) is 6.91. The molecule has 1 unspecified atom stereocenters. The summed E-state index contributed by atoms with van der Waals surface area (Å²) in [6, 6.07) is 15.5. The summed E-state index contributed by atoms with van der Waals surface area (Å²) in [7, 11) is 2.19. The summed E-state index contributed by atoms with van der Waals surface area (Å²) in [4.78, 5) is 37.5. The zero-order valence-electron chi connectivity index (χ0n) is 18.0. The first-order valence-electron chi connectivity index (χ1n) is 9.64. The van der Waals surface area contributed by atoms with Gasteiger partial charge >= 0.3 is 11.9 Å². The molecule has 0 fully saturated rings. The van der Waals surface area contributed by atoms with Crippen molar-refractivity contribution in [2.75, 3.05) is 19.1 Å². The first kappa shape index (κ1) is 23.5. The second-order valence-electron chi connectivity index (χ2n) is 6.91. The van der Waals surface area contributed by atoms with Crippen molar-refractivity contribution in [2.45, 2.75) is 5.92 Å². The smallest absolute Gasteiger partial charge is 0.355 e. The highest BCUT2D eigenvalue weighted by molar-refractivity contribution is 6.06. The van der Waals surface area contributed by atoms with Gasteiger partial charge in [-0.25, -0.2) is 9.59 Å². The van der Waals surface area contributed by atoms with Gasteiger partial charge in [0.15, 0.2) is 0 Å². The number of carbonyl (C=O) groups excluding carboxylic acids is 2. The predicted octanol–water partition coefficient (Wildman–Crippen LogP) is 2.36. The molecule has 1 atom stereocenters. The topological polar surface area (TPSA) is 173 Å². The Morgan fingerprint density at radius 1 is 1.06 bits per heavy atom. The van der Waals surface area contributed by atoms with Crippen LogP contribution in [0, 0.1) is 32.8 Å². The Balaban J connectivity index is 2.45. The number of ether oxygens (including phenoxy) is 2. The van der Waals surface area contributed by atoms with Crippen molar-refractivity contribution in [1.29, 1.82) is 10.5 Å². The Morgan fingerprint density at radius 2 is 1.71 bits per heavy atom. The number of rotatable bonds is 5. The maximum Gasteiger partial charge on any atom is 0.355 e. The molecule has 1 aliphatic rings. The molecule has 170 valence electrons. The summed E-state index contributed by atoms with van der Waals surface area (Å²) in [5.41, 5.74) is 5.44. The van der Waals surface area contributed by atoms with Crippen LogP contribution in [0.15, 0.2) is 71.2 Å². The molecule has 0 aromatic heterocycles. The van der Waals surface area contributed by atoms with Crippen LogP contribution in [-0.4, -0.2) is 31.1 Å². The normalized spacial score (nSPS) is 15.3. The van der Waals surface area contributed by atoms with E-state index in [4.69, 9.17) is 15.2 Å². The minimum atomic E-state index is -1.08. The average Bonchev–Trinajstić information content (AvgIpc) is 2.87. The van der Waals surface area contributed by atoms with E-state index in [0.29, 0.717) is 5.56 Å². The number of nitrogens with two attached hydrogens (primary N) is 1. The molecule has 0 saturated carbocycles. The number of allylic oxidation sites excluding steroid dienone is 1. The quantitative estimate of drug-likeness (QED) is 0.397. The standard InChI is InChI=1S/C23H17N5O6/c1-33-22(29)19-18(13-6-4-3-5-7-13)16(12-25)21(26)27(20(19)23(30)34-2)17-9-8-15(28(31)32)10-14(17)11-24/h3-10,18H,26H2,1-2H3. The van der Waals surface area contributed by atoms with Gasteiger partial charge in [-0.2, -0.15) is 10.5 Å². The number of anilines is 1. The van der Waals surface area contributed by atoms with Crippen molar-refractivity contribution in [3.05, 3.63) is 92.4 Å². The van der Waals surface area contributed by atoms with E-state index in [1.165, 1.54) is 6.07 Å². The van der Waals surface area contributed by atoms with Crippen LogP contribution in [0.2, 0.25) is 0 Å². The summed E-state index contributed by atoms with van der Waals surface area (Å²) in [5.74, 6) is -3.26. The number of nitriles is 2. The van der Waals surface area contributed by atoms with E-state index in [1.807, 2.05) is 12.1 Å². The SMILES string of the molecule is COC(=O)C1=C(C(=O)OC)N(c2ccc([N+](=O)[O-])cc2C#N)C(N)=C(C#N)C1c1ccccc1. The van der Waals surface area contributed by atoms with E-state index in [-0.39, 0.29) is 39.6 Å². The Kier molecular flexibility index (Phi) is 6.60. The highest BCUT2D eigenvalue weighted by atomic mass is 16.6. The van der Waals surface area contributed by atoms with Crippen LogP contribution in [-0.2, 0) is 19.1 Å². The highest BCUT2D eigenvalue weighted by Gasteiger charge is 2.43. The lowest BCUT2D eigenvalue weighted by atomic mass is 9.80. The minimum Gasteiger partial charge on any atom is -0.466 e. The molecule has 0 amide bonds. The average molecular weight is 459 g/mol. The number of esters is 2. The molecule has 0 bridgehead atoms. The monoisotopic (exact) mass is 459 g/mol. The number of nitrogens with zero attached hydrogens (tertiary/aromatic N) is 4. The van der Waals surface area contributed by atoms with Crippen molar-refractivity contribution >= 4 is 23.3 Å². The van der Waals surface area contributed by atoms with Crippen molar-refractivity contribution in [3.63, 3.8) is 0 Å². The molecule has 0 radical (unpaired) electrons. The number of nitro groups is 1. The van der Waals surface area contributed by atoms with Crippen LogP contribution in [0.3, 0.4) is 0 Å². The Labute approximate surface area is 193 Å². The molecule has 0 saturated heterocycles. The molecule has 0 aliphatic carbocycles. The maximum atomic E-state index is 13.0. The number of hydrogen-bond acceptors (Lipinski definition) is 10. The summed E-state index contributed by atoms with van der Waals surface area (Å²) < 4.78 is 9.83. The van der Waals surface area contributed by atoms with Crippen LogP contribution in [0.25, 0.3) is 0 Å². The van der Waals surface area contributed by atoms with Crippen molar-refractivity contribution in [1.82, 2.24) is 0 Å². The predicted molar refractivity (Wildman–Crippen MR) is 117 cm³/mol. The fourth-order valence-electron chi connectivity index (χ4n) is 3.69. The van der Waals surface area contributed by atoms with Gasteiger partial charge in [0.2, 0.25) is 0 Å². The first-order valence-corrected chi connectivity index (χ1v) is 9.64. The maximum absolute atomic E-state index is 13.0. The summed E-state index contributed by atoms with van der Waals surface area (Å²) >= 11 is 0. The van der Waals surface area contributed by atoms with Gasteiger partial charge in [-0.15, -0.1) is 0 Å². The molecule has 2 aromatic rings. The van der Waals surface area contributed by atoms with Gasteiger partial charge in [-0.1, -0.05) is 30.3 Å². The van der Waals surface area contributed by atoms with E-state index >= 15 is 0 Å². The van der Waals surface area contributed by atoms with Gasteiger partial charge < -0.3 is 15.2 Å². The summed E-state index contributed by atoms with van der Waals surface area (Å²) in [6.07, 6.45) is 0. The van der Waals surface area contributed by atoms with E-state index < -0.39 is 22.8 Å². The number of hydrogen-bond donors (Lipinski definition) is 1. The number of carbonyl (C=O) groups is 2. The van der Waals surface area contributed by atoms with Gasteiger partial charge in [-0.3, -0.25) is 15.0 Å². The number of methoxy groups -OCH3 is 2. The summed E-state index contributed by atoms with van der Waals surface area (Å²) in [6.45, 7) is 0. The minimum absolute atomic E-state index is 0.0633.